The molecule has 3 heterocycles. The van der Waals surface area contributed by atoms with Gasteiger partial charge in [-0.15, -0.1) is 16.4 Å². The summed E-state index contributed by atoms with van der Waals surface area (Å²) in [4.78, 5) is 15.3. The number of carbonyl (C=O) groups is 1. The Kier molecular flexibility index (Phi) is 5.96. The van der Waals surface area contributed by atoms with Crippen LogP contribution in [0.2, 0.25) is 10.0 Å². The molecule has 0 atom stereocenters. The molecule has 164 valence electrons. The van der Waals surface area contributed by atoms with Crippen molar-refractivity contribution in [2.24, 2.45) is 5.10 Å². The third-order valence-corrected chi connectivity index (χ3v) is 6.24. The Hall–Kier alpha value is -3.28. The van der Waals surface area contributed by atoms with Gasteiger partial charge in [0, 0.05) is 20.9 Å². The highest BCUT2D eigenvalue weighted by Gasteiger charge is 2.25. The minimum absolute atomic E-state index is 0.0273. The number of nitrogens with zero attached hydrogens (tertiary/aromatic N) is 6. The number of halogens is 2. The summed E-state index contributed by atoms with van der Waals surface area (Å²) in [7, 11) is 0. The quantitative estimate of drug-likeness (QED) is 0.318. The molecule has 32 heavy (non-hydrogen) atoms. The summed E-state index contributed by atoms with van der Waals surface area (Å²) in [5.41, 5.74) is 10.7. The van der Waals surface area contributed by atoms with E-state index < -0.39 is 5.91 Å². The highest BCUT2D eigenvalue weighted by Crippen LogP contribution is 2.31. The molecule has 0 bridgehead atoms. The number of thiophene rings is 1. The van der Waals surface area contributed by atoms with Gasteiger partial charge >= 0.3 is 0 Å². The van der Waals surface area contributed by atoms with E-state index in [1.165, 1.54) is 4.68 Å². The first-order valence-corrected chi connectivity index (χ1v) is 10.7. The molecule has 3 N–H and O–H groups in total. The van der Waals surface area contributed by atoms with Crippen molar-refractivity contribution in [1.29, 1.82) is 0 Å². The summed E-state index contributed by atoms with van der Waals surface area (Å²) in [6.45, 7) is 5.82. The number of benzene rings is 1. The Bertz CT molecular complexity index is 1360. The first-order valence-electron chi connectivity index (χ1n) is 9.17. The van der Waals surface area contributed by atoms with E-state index >= 15 is 0 Å². The van der Waals surface area contributed by atoms with Gasteiger partial charge in [0.2, 0.25) is 11.6 Å². The molecule has 0 saturated heterocycles. The smallest absolute Gasteiger partial charge is 0.294 e. The Morgan fingerprint density at radius 3 is 2.62 bits per heavy atom. The zero-order valence-electron chi connectivity index (χ0n) is 17.1. The lowest BCUT2D eigenvalue weighted by molar-refractivity contribution is 0.0950. The van der Waals surface area contributed by atoms with Gasteiger partial charge in [-0.1, -0.05) is 34.5 Å². The van der Waals surface area contributed by atoms with Gasteiger partial charge in [0.05, 0.1) is 15.8 Å². The van der Waals surface area contributed by atoms with E-state index in [9.17, 15) is 4.79 Å². The second kappa shape index (κ2) is 8.69. The van der Waals surface area contributed by atoms with Gasteiger partial charge in [-0.25, -0.2) is 10.1 Å². The van der Waals surface area contributed by atoms with Gasteiger partial charge in [0.15, 0.2) is 5.69 Å². The van der Waals surface area contributed by atoms with Crippen LogP contribution in [0.4, 0.5) is 5.82 Å². The fraction of sp³-hybridized carbons (Fsp3) is 0.158. The number of hydrogen-bond donors (Lipinski definition) is 2. The topological polar surface area (TPSA) is 137 Å². The maximum Gasteiger partial charge on any atom is 0.294 e. The van der Waals surface area contributed by atoms with E-state index in [2.05, 4.69) is 35.8 Å². The minimum Gasteiger partial charge on any atom is -0.378 e. The van der Waals surface area contributed by atoms with Gasteiger partial charge in [0.1, 0.15) is 5.69 Å². The van der Waals surface area contributed by atoms with Crippen LogP contribution in [0.1, 0.15) is 32.7 Å². The fourth-order valence-electron chi connectivity index (χ4n) is 3.06. The van der Waals surface area contributed by atoms with Crippen LogP contribution < -0.4 is 11.2 Å². The van der Waals surface area contributed by atoms with Crippen LogP contribution >= 0.6 is 34.5 Å². The monoisotopic (exact) mass is 490 g/mol. The number of carbonyl (C=O) groups excluding carboxylic acids is 1. The van der Waals surface area contributed by atoms with Crippen molar-refractivity contribution < 1.29 is 9.42 Å². The number of aromatic nitrogens is 5. The number of nitrogen functional groups attached to an aromatic ring is 1. The van der Waals surface area contributed by atoms with E-state index in [1.807, 2.05) is 26.8 Å². The third kappa shape index (κ3) is 4.09. The zero-order chi connectivity index (χ0) is 23.0. The SMILES string of the molecule is C/C(=N/NC(=O)c1nnn(-c2nonc2N)c1-c1ccc(Cl)c(Cl)c1)c1cc(C)sc1C. The molecule has 4 rings (SSSR count). The van der Waals surface area contributed by atoms with Gasteiger partial charge in [0.25, 0.3) is 5.91 Å². The van der Waals surface area contributed by atoms with Crippen molar-refractivity contribution in [2.75, 3.05) is 5.73 Å². The van der Waals surface area contributed by atoms with E-state index in [0.29, 0.717) is 16.3 Å². The van der Waals surface area contributed by atoms with Crippen molar-refractivity contribution in [3.05, 3.63) is 55.3 Å². The van der Waals surface area contributed by atoms with Crippen LogP contribution in [-0.4, -0.2) is 36.9 Å². The van der Waals surface area contributed by atoms with Crippen LogP contribution in [0.15, 0.2) is 34.0 Å². The Labute approximate surface area is 196 Å². The Morgan fingerprint density at radius 1 is 1.22 bits per heavy atom. The molecule has 0 fully saturated rings. The average Bonchev–Trinajstić information content (AvgIpc) is 3.45. The van der Waals surface area contributed by atoms with Crippen molar-refractivity contribution in [2.45, 2.75) is 20.8 Å². The van der Waals surface area contributed by atoms with Gasteiger partial charge < -0.3 is 5.73 Å². The molecule has 0 spiro atoms. The van der Waals surface area contributed by atoms with Crippen molar-refractivity contribution in [3.63, 3.8) is 0 Å². The van der Waals surface area contributed by atoms with Gasteiger partial charge in [-0.3, -0.25) is 4.79 Å². The van der Waals surface area contributed by atoms with Crippen LogP contribution in [0, 0.1) is 13.8 Å². The molecule has 4 aromatic rings. The summed E-state index contributed by atoms with van der Waals surface area (Å²) in [6.07, 6.45) is 0. The largest absolute Gasteiger partial charge is 0.378 e. The van der Waals surface area contributed by atoms with E-state index in [-0.39, 0.29) is 28.0 Å². The second-order valence-corrected chi connectivity index (χ2v) is 9.04. The minimum atomic E-state index is -0.587. The summed E-state index contributed by atoms with van der Waals surface area (Å²) in [6, 6.07) is 6.84. The molecule has 0 unspecified atom stereocenters. The predicted molar refractivity (Wildman–Crippen MR) is 123 cm³/mol. The maximum atomic E-state index is 13.0. The molecule has 0 aliphatic heterocycles. The average molecular weight is 491 g/mol. The Morgan fingerprint density at radius 2 is 2.00 bits per heavy atom. The summed E-state index contributed by atoms with van der Waals surface area (Å²) in [5, 5.41) is 20.2. The molecule has 1 amide bonds. The molecule has 0 radical (unpaired) electrons. The summed E-state index contributed by atoms with van der Waals surface area (Å²) < 4.78 is 5.90. The van der Waals surface area contributed by atoms with Crippen LogP contribution in [0.25, 0.3) is 17.1 Å². The molecule has 0 aliphatic rings. The normalized spacial score (nSPS) is 11.7. The highest BCUT2D eigenvalue weighted by molar-refractivity contribution is 7.12. The van der Waals surface area contributed by atoms with Crippen molar-refractivity contribution in [3.8, 4) is 17.1 Å². The van der Waals surface area contributed by atoms with Crippen molar-refractivity contribution in [1.82, 2.24) is 30.7 Å². The number of nitrogens with two attached hydrogens (primary N) is 1. The standard InChI is InChI=1S/C19H16Cl2N8O2S/c1-8-6-12(10(3)32-8)9(2)23-25-19(30)15-16(11-4-5-13(20)14(21)7-11)29(28-24-15)18-17(22)26-31-27-18/h4-7H,1-3H3,(H2,22,26)(H,25,30)/b23-9-. The second-order valence-electron chi connectivity index (χ2n) is 6.77. The first kappa shape index (κ1) is 21.9. The number of hydrazone groups is 1. The number of aryl methyl sites for hydroxylation is 2. The van der Waals surface area contributed by atoms with Crippen molar-refractivity contribution >= 4 is 52.0 Å². The molecular formula is C19H16Cl2N8O2S. The van der Waals surface area contributed by atoms with E-state index in [1.54, 1.807) is 29.5 Å². The fourth-order valence-corrected chi connectivity index (χ4v) is 4.34. The molecule has 13 heteroatoms. The van der Waals surface area contributed by atoms with E-state index in [0.717, 1.165) is 15.3 Å². The van der Waals surface area contributed by atoms with E-state index in [4.69, 9.17) is 28.9 Å². The molecule has 0 aliphatic carbocycles. The maximum absolute atomic E-state index is 13.0. The lowest BCUT2D eigenvalue weighted by atomic mass is 10.1. The first-order chi connectivity index (χ1) is 15.3. The number of hydrogen-bond acceptors (Lipinski definition) is 9. The number of amides is 1. The lowest BCUT2D eigenvalue weighted by Crippen LogP contribution is -2.21. The van der Waals surface area contributed by atoms with Crippen LogP contribution in [0.5, 0.6) is 0 Å². The molecule has 3 aromatic heterocycles. The van der Waals surface area contributed by atoms with Crippen LogP contribution in [0.3, 0.4) is 0 Å². The van der Waals surface area contributed by atoms with Gasteiger partial charge in [-0.05, 0) is 49.3 Å². The summed E-state index contributed by atoms with van der Waals surface area (Å²) >= 11 is 13.9. The molecule has 10 nitrogen and oxygen atoms in total. The Balaban J connectivity index is 1.75. The summed E-state index contributed by atoms with van der Waals surface area (Å²) in [5.74, 6) is -0.543. The number of anilines is 1. The number of nitrogens with one attached hydrogen (secondary N) is 1. The van der Waals surface area contributed by atoms with Gasteiger partial charge in [-0.2, -0.15) is 9.78 Å². The molecule has 0 saturated carbocycles. The lowest BCUT2D eigenvalue weighted by Gasteiger charge is -2.07. The molecule has 1 aromatic carbocycles. The van der Waals surface area contributed by atoms with Crippen LogP contribution in [-0.2, 0) is 0 Å². The predicted octanol–water partition coefficient (Wildman–Crippen LogP) is 4.04. The molecular weight excluding hydrogens is 475 g/mol. The number of rotatable bonds is 5. The zero-order valence-corrected chi connectivity index (χ0v) is 19.4. The third-order valence-electron chi connectivity index (χ3n) is 4.53. The highest BCUT2D eigenvalue weighted by atomic mass is 35.5.